The van der Waals surface area contributed by atoms with Gasteiger partial charge in [-0.2, -0.15) is 8.75 Å². The molecule has 8 nitrogen and oxygen atoms in total. The van der Waals surface area contributed by atoms with E-state index in [2.05, 4.69) is 40.9 Å². The molecular weight excluding hydrogens is 362 g/mol. The number of benzene rings is 1. The van der Waals surface area contributed by atoms with Crippen LogP contribution in [0.15, 0.2) is 18.2 Å². The predicted molar refractivity (Wildman–Crippen MR) is 107 cm³/mol. The number of piperazine rings is 1. The van der Waals surface area contributed by atoms with Gasteiger partial charge in [0.15, 0.2) is 0 Å². The number of nitrogens with one attached hydrogen (secondary N) is 1. The minimum absolute atomic E-state index is 0.202. The SMILES string of the molecule is Cc1nc(N2CCN(C)CC2)nc(C)c1NC(=O)c1ccc2nsnc2c1. The molecular formula is C18H21N7OS. The highest BCUT2D eigenvalue weighted by atomic mass is 32.1. The number of nitrogens with zero attached hydrogens (tertiary/aromatic N) is 6. The number of hydrogen-bond donors (Lipinski definition) is 1. The fourth-order valence-electron chi connectivity index (χ4n) is 3.14. The minimum Gasteiger partial charge on any atom is -0.338 e. The molecule has 1 aromatic carbocycles. The van der Waals surface area contributed by atoms with Crippen LogP contribution in [0, 0.1) is 13.8 Å². The molecule has 1 amide bonds. The molecule has 0 radical (unpaired) electrons. The summed E-state index contributed by atoms with van der Waals surface area (Å²) < 4.78 is 8.35. The van der Waals surface area contributed by atoms with E-state index in [4.69, 9.17) is 0 Å². The molecule has 0 bridgehead atoms. The van der Waals surface area contributed by atoms with Crippen LogP contribution in [0.1, 0.15) is 21.7 Å². The Morgan fingerprint density at radius 3 is 2.41 bits per heavy atom. The number of likely N-dealkylation sites (N-methyl/N-ethyl adjacent to an activating group) is 1. The fraction of sp³-hybridized carbons (Fsp3) is 0.389. The molecule has 1 aliphatic rings. The van der Waals surface area contributed by atoms with Crippen molar-refractivity contribution in [1.82, 2.24) is 23.6 Å². The summed E-state index contributed by atoms with van der Waals surface area (Å²) >= 11 is 1.14. The van der Waals surface area contributed by atoms with E-state index < -0.39 is 0 Å². The van der Waals surface area contributed by atoms with Gasteiger partial charge in [0.2, 0.25) is 5.95 Å². The van der Waals surface area contributed by atoms with Crippen LogP contribution in [0.4, 0.5) is 11.6 Å². The van der Waals surface area contributed by atoms with Crippen LogP contribution in [-0.2, 0) is 0 Å². The Labute approximate surface area is 161 Å². The van der Waals surface area contributed by atoms with Gasteiger partial charge in [-0.3, -0.25) is 4.79 Å². The molecule has 3 heterocycles. The smallest absolute Gasteiger partial charge is 0.255 e. The first kappa shape index (κ1) is 17.7. The third-order valence-corrected chi connectivity index (χ3v) is 5.36. The summed E-state index contributed by atoms with van der Waals surface area (Å²) in [6.45, 7) is 7.60. The molecule has 2 aromatic heterocycles. The monoisotopic (exact) mass is 383 g/mol. The van der Waals surface area contributed by atoms with Gasteiger partial charge < -0.3 is 15.1 Å². The van der Waals surface area contributed by atoms with Crippen molar-refractivity contribution in [2.45, 2.75) is 13.8 Å². The molecule has 1 N–H and O–H groups in total. The van der Waals surface area contributed by atoms with Crippen molar-refractivity contribution in [2.75, 3.05) is 43.4 Å². The molecule has 0 atom stereocenters. The largest absolute Gasteiger partial charge is 0.338 e. The number of hydrogen-bond acceptors (Lipinski definition) is 8. The molecule has 1 aliphatic heterocycles. The number of fused-ring (bicyclic) bond motifs is 1. The molecule has 0 aliphatic carbocycles. The number of aryl methyl sites for hydroxylation is 2. The van der Waals surface area contributed by atoms with E-state index in [1.165, 1.54) is 0 Å². The van der Waals surface area contributed by atoms with E-state index in [1.54, 1.807) is 18.2 Å². The zero-order chi connectivity index (χ0) is 19.0. The summed E-state index contributed by atoms with van der Waals surface area (Å²) in [6.07, 6.45) is 0. The molecule has 9 heteroatoms. The number of carbonyl (C=O) groups excluding carboxylic acids is 1. The maximum absolute atomic E-state index is 12.7. The average Bonchev–Trinajstić information content (AvgIpc) is 3.12. The van der Waals surface area contributed by atoms with Crippen molar-refractivity contribution >= 4 is 40.3 Å². The van der Waals surface area contributed by atoms with Gasteiger partial charge in [-0.15, -0.1) is 0 Å². The van der Waals surface area contributed by atoms with Crippen LogP contribution in [-0.4, -0.2) is 62.7 Å². The van der Waals surface area contributed by atoms with Crippen LogP contribution in [0.25, 0.3) is 11.0 Å². The first-order valence-electron chi connectivity index (χ1n) is 8.83. The number of rotatable bonds is 3. The normalized spacial score (nSPS) is 15.3. The molecule has 0 saturated carbocycles. The Morgan fingerprint density at radius 1 is 1.04 bits per heavy atom. The third kappa shape index (κ3) is 3.60. The fourth-order valence-corrected chi connectivity index (χ4v) is 3.65. The lowest BCUT2D eigenvalue weighted by Crippen LogP contribution is -2.45. The van der Waals surface area contributed by atoms with E-state index in [-0.39, 0.29) is 5.91 Å². The highest BCUT2D eigenvalue weighted by Gasteiger charge is 2.19. The lowest BCUT2D eigenvalue weighted by atomic mass is 10.1. The predicted octanol–water partition coefficient (Wildman–Crippen LogP) is 2.10. The Hall–Kier alpha value is -2.65. The third-order valence-electron chi connectivity index (χ3n) is 4.80. The minimum atomic E-state index is -0.202. The van der Waals surface area contributed by atoms with Crippen molar-refractivity contribution in [3.63, 3.8) is 0 Å². The van der Waals surface area contributed by atoms with Crippen LogP contribution in [0.5, 0.6) is 0 Å². The van der Waals surface area contributed by atoms with Gasteiger partial charge in [0.1, 0.15) is 11.0 Å². The molecule has 3 aromatic rings. The number of anilines is 2. The van der Waals surface area contributed by atoms with Gasteiger partial charge in [-0.1, -0.05) is 0 Å². The second-order valence-electron chi connectivity index (χ2n) is 6.78. The molecule has 27 heavy (non-hydrogen) atoms. The van der Waals surface area contributed by atoms with Crippen LogP contribution in [0.2, 0.25) is 0 Å². The Kier molecular flexibility index (Phi) is 4.71. The Balaban J connectivity index is 1.55. The topological polar surface area (TPSA) is 87.1 Å². The van der Waals surface area contributed by atoms with Crippen LogP contribution >= 0.6 is 11.7 Å². The highest BCUT2D eigenvalue weighted by Crippen LogP contribution is 2.22. The summed E-state index contributed by atoms with van der Waals surface area (Å²) in [4.78, 5) is 26.4. The lowest BCUT2D eigenvalue weighted by molar-refractivity contribution is 0.102. The maximum Gasteiger partial charge on any atom is 0.255 e. The molecule has 0 spiro atoms. The number of aromatic nitrogens is 4. The van der Waals surface area contributed by atoms with Crippen molar-refractivity contribution in [3.8, 4) is 0 Å². The summed E-state index contributed by atoms with van der Waals surface area (Å²) in [5, 5.41) is 2.95. The second-order valence-corrected chi connectivity index (χ2v) is 7.31. The first-order chi connectivity index (χ1) is 13.0. The van der Waals surface area contributed by atoms with Gasteiger partial charge in [-0.05, 0) is 39.1 Å². The molecule has 140 valence electrons. The van der Waals surface area contributed by atoms with Gasteiger partial charge >= 0.3 is 0 Å². The molecule has 1 fully saturated rings. The molecule has 1 saturated heterocycles. The standard InChI is InChI=1S/C18H21N7OS/c1-11-16(12(2)20-18(19-11)25-8-6-24(3)7-9-25)21-17(26)13-4-5-14-15(10-13)23-27-22-14/h4-5,10H,6-9H2,1-3H3,(H,21,26). The maximum atomic E-state index is 12.7. The molecule has 4 rings (SSSR count). The molecule has 0 unspecified atom stereocenters. The van der Waals surface area contributed by atoms with Gasteiger partial charge in [0.25, 0.3) is 5.91 Å². The lowest BCUT2D eigenvalue weighted by Gasteiger charge is -2.32. The van der Waals surface area contributed by atoms with Crippen molar-refractivity contribution < 1.29 is 4.79 Å². The van der Waals surface area contributed by atoms with E-state index in [0.29, 0.717) is 11.3 Å². The number of carbonyl (C=O) groups is 1. The Bertz CT molecular complexity index is 971. The van der Waals surface area contributed by atoms with Gasteiger partial charge in [0, 0.05) is 31.7 Å². The quantitative estimate of drug-likeness (QED) is 0.741. The van der Waals surface area contributed by atoms with E-state index in [9.17, 15) is 4.79 Å². The highest BCUT2D eigenvalue weighted by molar-refractivity contribution is 7.00. The second kappa shape index (κ2) is 7.16. The van der Waals surface area contributed by atoms with E-state index in [0.717, 1.165) is 66.3 Å². The summed E-state index contributed by atoms with van der Waals surface area (Å²) in [7, 11) is 2.12. The van der Waals surface area contributed by atoms with Gasteiger partial charge in [-0.25, -0.2) is 9.97 Å². The number of amides is 1. The summed E-state index contributed by atoms with van der Waals surface area (Å²) in [5.41, 5.74) is 4.25. The van der Waals surface area contributed by atoms with E-state index >= 15 is 0 Å². The first-order valence-corrected chi connectivity index (χ1v) is 9.56. The van der Waals surface area contributed by atoms with Crippen molar-refractivity contribution in [2.24, 2.45) is 0 Å². The van der Waals surface area contributed by atoms with Crippen molar-refractivity contribution in [1.29, 1.82) is 0 Å². The van der Waals surface area contributed by atoms with Crippen LogP contribution in [0.3, 0.4) is 0 Å². The van der Waals surface area contributed by atoms with Crippen LogP contribution < -0.4 is 10.2 Å². The van der Waals surface area contributed by atoms with E-state index in [1.807, 2.05) is 13.8 Å². The average molecular weight is 383 g/mol. The van der Waals surface area contributed by atoms with Gasteiger partial charge in [0.05, 0.1) is 28.8 Å². The summed E-state index contributed by atoms with van der Waals surface area (Å²) in [6, 6.07) is 5.31. The zero-order valence-electron chi connectivity index (χ0n) is 15.6. The Morgan fingerprint density at radius 2 is 1.70 bits per heavy atom. The zero-order valence-corrected chi connectivity index (χ0v) is 16.4. The summed E-state index contributed by atoms with van der Waals surface area (Å²) in [5.74, 6) is 0.526. The van der Waals surface area contributed by atoms with Crippen molar-refractivity contribution in [3.05, 3.63) is 35.2 Å².